The van der Waals surface area contributed by atoms with Crippen LogP contribution in [0.3, 0.4) is 0 Å². The number of primary sulfonamides is 1. The van der Waals surface area contributed by atoms with Crippen LogP contribution >= 0.6 is 11.6 Å². The van der Waals surface area contributed by atoms with Gasteiger partial charge in [0.2, 0.25) is 10.0 Å². The smallest absolute Gasteiger partial charge is 0.285 e. The van der Waals surface area contributed by atoms with Crippen LogP contribution in [0.5, 0.6) is 0 Å². The number of sulfonamides is 1. The van der Waals surface area contributed by atoms with Gasteiger partial charge >= 0.3 is 0 Å². The van der Waals surface area contributed by atoms with E-state index < -0.39 is 15.6 Å². The molecule has 0 radical (unpaired) electrons. The molecule has 2 aromatic rings. The second-order valence-electron chi connectivity index (χ2n) is 3.97. The van der Waals surface area contributed by atoms with Crippen molar-refractivity contribution < 1.29 is 8.42 Å². The van der Waals surface area contributed by atoms with Crippen molar-refractivity contribution >= 4 is 27.3 Å². The topological polar surface area (TPSA) is 118 Å². The molecule has 7 nitrogen and oxygen atoms in total. The van der Waals surface area contributed by atoms with E-state index in [4.69, 9.17) is 16.7 Å². The van der Waals surface area contributed by atoms with E-state index in [2.05, 4.69) is 15.5 Å². The number of H-pyrrole nitrogens is 1. The average Bonchev–Trinajstić information content (AvgIpc) is 2.40. The molecule has 0 aliphatic rings. The summed E-state index contributed by atoms with van der Waals surface area (Å²) >= 11 is 5.80. The Morgan fingerprint density at radius 3 is 2.55 bits per heavy atom. The maximum atomic E-state index is 11.2. The van der Waals surface area contributed by atoms with E-state index in [0.717, 1.165) is 5.56 Å². The molecular formula is C11H11ClN4O3S. The van der Waals surface area contributed by atoms with Crippen LogP contribution in [0.2, 0.25) is 5.02 Å². The van der Waals surface area contributed by atoms with Crippen molar-refractivity contribution in [2.24, 2.45) is 5.14 Å². The lowest BCUT2D eigenvalue weighted by Crippen LogP contribution is -2.13. The maximum absolute atomic E-state index is 11.2. The summed E-state index contributed by atoms with van der Waals surface area (Å²) in [5, 5.41) is 13.8. The first kappa shape index (κ1) is 14.5. The van der Waals surface area contributed by atoms with E-state index in [1.54, 1.807) is 12.1 Å². The number of hydrogen-bond donors (Lipinski definition) is 3. The summed E-state index contributed by atoms with van der Waals surface area (Å²) in [4.78, 5) is 11.3. The number of halogens is 1. The summed E-state index contributed by atoms with van der Waals surface area (Å²) in [7, 11) is -3.70. The predicted molar refractivity (Wildman–Crippen MR) is 75.0 cm³/mol. The first-order valence-corrected chi connectivity index (χ1v) is 7.39. The zero-order valence-corrected chi connectivity index (χ0v) is 11.7. The third-order valence-corrected chi connectivity index (χ3v) is 3.83. The number of anilines is 1. The second-order valence-corrected chi connectivity index (χ2v) is 5.91. The standard InChI is InChI=1S/C11H11ClN4O3S/c12-10-9(6-15-16-11(10)17)14-5-7-1-3-8(4-2-7)20(13,18)19/h1-4,6H,5H2,(H2,13,18,19)(H2,14,16,17). The summed E-state index contributed by atoms with van der Waals surface area (Å²) in [6.45, 7) is 0.357. The predicted octanol–water partition coefficient (Wildman–Crippen LogP) is 0.683. The molecule has 2 rings (SSSR count). The van der Waals surface area contributed by atoms with Gasteiger partial charge in [-0.1, -0.05) is 23.7 Å². The van der Waals surface area contributed by atoms with E-state index >= 15 is 0 Å². The first-order valence-electron chi connectivity index (χ1n) is 5.47. The molecule has 1 aromatic heterocycles. The molecule has 1 aromatic carbocycles. The van der Waals surface area contributed by atoms with E-state index in [-0.39, 0.29) is 9.92 Å². The SMILES string of the molecule is NS(=O)(=O)c1ccc(CNc2cn[nH]c(=O)c2Cl)cc1. The van der Waals surface area contributed by atoms with Crippen LogP contribution in [0.4, 0.5) is 5.69 Å². The third kappa shape index (κ3) is 3.35. The first-order chi connectivity index (χ1) is 9.38. The fourth-order valence-electron chi connectivity index (χ4n) is 1.50. The Balaban J connectivity index is 2.12. The van der Waals surface area contributed by atoms with Crippen LogP contribution in [0, 0.1) is 0 Å². The van der Waals surface area contributed by atoms with Crippen molar-refractivity contribution in [3.8, 4) is 0 Å². The monoisotopic (exact) mass is 314 g/mol. The molecule has 4 N–H and O–H groups in total. The Bertz CT molecular complexity index is 771. The number of aromatic amines is 1. The molecule has 0 fully saturated rings. The Hall–Kier alpha value is -1.90. The lowest BCUT2D eigenvalue weighted by Gasteiger charge is -2.07. The van der Waals surface area contributed by atoms with Crippen LogP contribution in [0.15, 0.2) is 40.2 Å². The van der Waals surface area contributed by atoms with Crippen LogP contribution in [-0.2, 0) is 16.6 Å². The molecule has 1 heterocycles. The van der Waals surface area contributed by atoms with E-state index in [0.29, 0.717) is 12.2 Å². The van der Waals surface area contributed by atoms with Crippen LogP contribution in [0.25, 0.3) is 0 Å². The minimum atomic E-state index is -3.70. The summed E-state index contributed by atoms with van der Waals surface area (Å²) in [6.07, 6.45) is 1.39. The van der Waals surface area contributed by atoms with Gasteiger partial charge in [-0.2, -0.15) is 5.10 Å². The van der Waals surface area contributed by atoms with Crippen molar-refractivity contribution in [2.45, 2.75) is 11.4 Å². The van der Waals surface area contributed by atoms with E-state index in [1.165, 1.54) is 18.3 Å². The normalized spacial score (nSPS) is 11.3. The zero-order chi connectivity index (χ0) is 14.8. The summed E-state index contributed by atoms with van der Waals surface area (Å²) in [6, 6.07) is 6.04. The van der Waals surface area contributed by atoms with Gasteiger partial charge in [0.1, 0.15) is 5.02 Å². The molecule has 0 saturated carbocycles. The van der Waals surface area contributed by atoms with Gasteiger partial charge in [-0.3, -0.25) is 4.79 Å². The molecule has 0 saturated heterocycles. The van der Waals surface area contributed by atoms with Crippen LogP contribution in [-0.4, -0.2) is 18.6 Å². The molecule has 0 unspecified atom stereocenters. The minimum absolute atomic E-state index is 0.0150. The molecule has 0 atom stereocenters. The summed E-state index contributed by atoms with van der Waals surface area (Å²) in [5.41, 5.74) is 0.709. The van der Waals surface area contributed by atoms with Gasteiger partial charge in [-0.25, -0.2) is 18.7 Å². The van der Waals surface area contributed by atoms with Crippen molar-refractivity contribution in [3.63, 3.8) is 0 Å². The molecule has 0 bridgehead atoms. The highest BCUT2D eigenvalue weighted by Crippen LogP contribution is 2.16. The molecule has 20 heavy (non-hydrogen) atoms. The summed E-state index contributed by atoms with van der Waals surface area (Å²) < 4.78 is 22.2. The second kappa shape index (κ2) is 5.61. The molecule has 9 heteroatoms. The quantitative estimate of drug-likeness (QED) is 0.767. The maximum Gasteiger partial charge on any atom is 0.285 e. The highest BCUT2D eigenvalue weighted by atomic mass is 35.5. The zero-order valence-electron chi connectivity index (χ0n) is 10.1. The number of nitrogens with two attached hydrogens (primary N) is 1. The molecule has 0 amide bonds. The third-order valence-electron chi connectivity index (χ3n) is 2.53. The number of rotatable bonds is 4. The Morgan fingerprint density at radius 1 is 1.30 bits per heavy atom. The van der Waals surface area contributed by atoms with E-state index in [1.807, 2.05) is 0 Å². The lowest BCUT2D eigenvalue weighted by molar-refractivity contribution is 0.598. The number of benzene rings is 1. The Morgan fingerprint density at radius 2 is 1.95 bits per heavy atom. The van der Waals surface area contributed by atoms with Gasteiger partial charge in [0.15, 0.2) is 0 Å². The molecule has 0 aliphatic heterocycles. The molecular weight excluding hydrogens is 304 g/mol. The lowest BCUT2D eigenvalue weighted by atomic mass is 10.2. The van der Waals surface area contributed by atoms with Gasteiger partial charge in [-0.15, -0.1) is 0 Å². The fourth-order valence-corrected chi connectivity index (χ4v) is 2.17. The molecule has 0 aliphatic carbocycles. The number of hydrogen-bond acceptors (Lipinski definition) is 5. The van der Waals surface area contributed by atoms with Crippen LogP contribution < -0.4 is 16.0 Å². The van der Waals surface area contributed by atoms with Gasteiger partial charge in [-0.05, 0) is 17.7 Å². The highest BCUT2D eigenvalue weighted by Gasteiger charge is 2.07. The largest absolute Gasteiger partial charge is 0.378 e. The van der Waals surface area contributed by atoms with Gasteiger partial charge < -0.3 is 5.32 Å². The number of nitrogens with zero attached hydrogens (tertiary/aromatic N) is 1. The fraction of sp³-hybridized carbons (Fsp3) is 0.0909. The van der Waals surface area contributed by atoms with Crippen molar-refractivity contribution in [3.05, 3.63) is 51.4 Å². The summed E-state index contributed by atoms with van der Waals surface area (Å²) in [5.74, 6) is 0. The Labute approximate surface area is 119 Å². The van der Waals surface area contributed by atoms with Crippen molar-refractivity contribution in [1.29, 1.82) is 0 Å². The minimum Gasteiger partial charge on any atom is -0.378 e. The Kier molecular flexibility index (Phi) is 4.07. The van der Waals surface area contributed by atoms with Gasteiger partial charge in [0, 0.05) is 6.54 Å². The molecule has 0 spiro atoms. The average molecular weight is 315 g/mol. The van der Waals surface area contributed by atoms with Crippen molar-refractivity contribution in [2.75, 3.05) is 5.32 Å². The van der Waals surface area contributed by atoms with E-state index in [9.17, 15) is 13.2 Å². The van der Waals surface area contributed by atoms with Gasteiger partial charge in [0.05, 0.1) is 16.8 Å². The number of aromatic nitrogens is 2. The highest BCUT2D eigenvalue weighted by molar-refractivity contribution is 7.89. The van der Waals surface area contributed by atoms with Crippen LogP contribution in [0.1, 0.15) is 5.56 Å². The van der Waals surface area contributed by atoms with Crippen molar-refractivity contribution in [1.82, 2.24) is 10.2 Å². The number of nitrogens with one attached hydrogen (secondary N) is 2. The molecule has 106 valence electrons. The van der Waals surface area contributed by atoms with Gasteiger partial charge in [0.25, 0.3) is 5.56 Å².